The summed E-state index contributed by atoms with van der Waals surface area (Å²) < 4.78 is 33.2. The van der Waals surface area contributed by atoms with E-state index in [-0.39, 0.29) is 33.2 Å². The van der Waals surface area contributed by atoms with E-state index in [1.807, 2.05) is 13.8 Å². The first-order valence-corrected chi connectivity index (χ1v) is 9.84. The third-order valence-corrected chi connectivity index (χ3v) is 5.17. The van der Waals surface area contributed by atoms with E-state index in [4.69, 9.17) is 16.3 Å². The Morgan fingerprint density at radius 3 is 2.50 bits per heavy atom. The maximum Gasteiger partial charge on any atom is 0.265 e. The van der Waals surface area contributed by atoms with E-state index < -0.39 is 10.0 Å². The molecule has 0 aliphatic rings. The summed E-state index contributed by atoms with van der Waals surface area (Å²) in [5, 5.41) is 2.97. The topological polar surface area (TPSA) is 84.5 Å². The number of anilines is 2. The number of carbonyl (C=O) groups is 1. The van der Waals surface area contributed by atoms with Crippen LogP contribution in [0.1, 0.15) is 20.3 Å². The maximum atomic E-state index is 12.8. The van der Waals surface area contributed by atoms with Crippen molar-refractivity contribution in [3.63, 3.8) is 0 Å². The van der Waals surface area contributed by atoms with E-state index in [1.165, 1.54) is 19.2 Å². The van der Waals surface area contributed by atoms with Gasteiger partial charge in [0, 0.05) is 12.1 Å². The maximum absolute atomic E-state index is 12.8. The molecule has 0 aliphatic carbocycles. The first-order chi connectivity index (χ1) is 12.2. The Labute approximate surface area is 158 Å². The van der Waals surface area contributed by atoms with Gasteiger partial charge in [-0.1, -0.05) is 37.6 Å². The van der Waals surface area contributed by atoms with E-state index in [0.717, 1.165) is 0 Å². The van der Waals surface area contributed by atoms with Gasteiger partial charge >= 0.3 is 0 Å². The summed E-state index contributed by atoms with van der Waals surface area (Å²) in [7, 11) is -2.59. The second-order valence-corrected chi connectivity index (χ2v) is 8.16. The number of hydrogen-bond acceptors (Lipinski definition) is 4. The van der Waals surface area contributed by atoms with Gasteiger partial charge in [-0.3, -0.25) is 9.52 Å². The molecule has 0 aliphatic heterocycles. The van der Waals surface area contributed by atoms with Gasteiger partial charge in [-0.05, 0) is 36.2 Å². The molecule has 0 saturated carbocycles. The monoisotopic (exact) mass is 396 g/mol. The molecule has 0 fully saturated rings. The smallest absolute Gasteiger partial charge is 0.265 e. The van der Waals surface area contributed by atoms with E-state index in [0.29, 0.717) is 12.1 Å². The third kappa shape index (κ3) is 5.12. The van der Waals surface area contributed by atoms with Crippen LogP contribution in [0.5, 0.6) is 5.75 Å². The molecule has 0 atom stereocenters. The summed E-state index contributed by atoms with van der Waals surface area (Å²) in [6, 6.07) is 10.9. The number of hydrogen-bond donors (Lipinski definition) is 2. The van der Waals surface area contributed by atoms with Gasteiger partial charge in [0.05, 0.1) is 17.8 Å². The molecule has 0 bridgehead atoms. The average molecular weight is 397 g/mol. The van der Waals surface area contributed by atoms with Crippen molar-refractivity contribution in [2.45, 2.75) is 25.2 Å². The van der Waals surface area contributed by atoms with Crippen LogP contribution in [0, 0.1) is 5.92 Å². The van der Waals surface area contributed by atoms with Gasteiger partial charge < -0.3 is 10.1 Å². The normalized spacial score (nSPS) is 11.3. The van der Waals surface area contributed by atoms with Crippen molar-refractivity contribution < 1.29 is 17.9 Å². The fourth-order valence-corrected chi connectivity index (χ4v) is 3.81. The second-order valence-electron chi connectivity index (χ2n) is 6.10. The van der Waals surface area contributed by atoms with Crippen LogP contribution in [-0.2, 0) is 14.8 Å². The first-order valence-electron chi connectivity index (χ1n) is 7.98. The number of rotatable bonds is 7. The number of halogens is 1. The zero-order chi connectivity index (χ0) is 19.3. The molecular weight excluding hydrogens is 376 g/mol. The van der Waals surface area contributed by atoms with Crippen LogP contribution in [0.15, 0.2) is 47.4 Å². The minimum atomic E-state index is -3.97. The number of carbonyl (C=O) groups excluding carboxylic acids is 1. The average Bonchev–Trinajstić information content (AvgIpc) is 2.56. The van der Waals surface area contributed by atoms with Gasteiger partial charge in [-0.25, -0.2) is 8.42 Å². The van der Waals surface area contributed by atoms with Crippen LogP contribution in [0.25, 0.3) is 0 Å². The molecule has 26 heavy (non-hydrogen) atoms. The van der Waals surface area contributed by atoms with Gasteiger partial charge in [0.2, 0.25) is 5.91 Å². The van der Waals surface area contributed by atoms with Crippen molar-refractivity contribution in [1.82, 2.24) is 0 Å². The fourth-order valence-electron chi connectivity index (χ4n) is 2.29. The number of para-hydroxylation sites is 1. The van der Waals surface area contributed by atoms with Gasteiger partial charge in [-0.15, -0.1) is 0 Å². The van der Waals surface area contributed by atoms with Gasteiger partial charge in [0.15, 0.2) is 0 Å². The van der Waals surface area contributed by atoms with Gasteiger partial charge in [-0.2, -0.15) is 0 Å². The van der Waals surface area contributed by atoms with Crippen molar-refractivity contribution in [3.8, 4) is 5.75 Å². The predicted octanol–water partition coefficient (Wildman–Crippen LogP) is 4.13. The number of benzene rings is 2. The third-order valence-electron chi connectivity index (χ3n) is 3.45. The number of methoxy groups -OCH3 is 1. The standard InChI is InChI=1S/C18H21ClN2O4S/c1-12(2)10-18(22)20-13-8-9-16(25-3)17(11-13)26(23,24)21-15-7-5-4-6-14(15)19/h4-9,11-12,21H,10H2,1-3H3,(H,20,22). The number of amides is 1. The lowest BCUT2D eigenvalue weighted by Crippen LogP contribution is -2.17. The highest BCUT2D eigenvalue weighted by Gasteiger charge is 2.22. The van der Waals surface area contributed by atoms with Crippen LogP contribution < -0.4 is 14.8 Å². The summed E-state index contributed by atoms with van der Waals surface area (Å²) in [4.78, 5) is 11.9. The highest BCUT2D eigenvalue weighted by molar-refractivity contribution is 7.92. The molecule has 0 saturated heterocycles. The van der Waals surface area contributed by atoms with Crippen LogP contribution in [0.4, 0.5) is 11.4 Å². The lowest BCUT2D eigenvalue weighted by molar-refractivity contribution is -0.116. The lowest BCUT2D eigenvalue weighted by atomic mass is 10.1. The Kier molecular flexibility index (Phi) is 6.50. The minimum absolute atomic E-state index is 0.0951. The molecule has 0 spiro atoms. The van der Waals surface area contributed by atoms with Crippen LogP contribution >= 0.6 is 11.6 Å². The largest absolute Gasteiger partial charge is 0.495 e. The van der Waals surface area contributed by atoms with Crippen molar-refractivity contribution in [2.75, 3.05) is 17.1 Å². The number of nitrogens with one attached hydrogen (secondary N) is 2. The Morgan fingerprint density at radius 2 is 1.88 bits per heavy atom. The summed E-state index contributed by atoms with van der Waals surface area (Å²) in [6.45, 7) is 3.86. The lowest BCUT2D eigenvalue weighted by Gasteiger charge is -2.14. The molecule has 0 heterocycles. The minimum Gasteiger partial charge on any atom is -0.495 e. The van der Waals surface area contributed by atoms with E-state index >= 15 is 0 Å². The SMILES string of the molecule is COc1ccc(NC(=O)CC(C)C)cc1S(=O)(=O)Nc1ccccc1Cl. The van der Waals surface area contributed by atoms with Crippen molar-refractivity contribution in [3.05, 3.63) is 47.5 Å². The molecule has 140 valence electrons. The molecule has 2 N–H and O–H groups in total. The molecule has 1 amide bonds. The molecule has 8 heteroatoms. The molecular formula is C18H21ClN2O4S. The summed E-state index contributed by atoms with van der Waals surface area (Å²) in [6.07, 6.45) is 0.339. The van der Waals surface area contributed by atoms with E-state index in [2.05, 4.69) is 10.0 Å². The van der Waals surface area contributed by atoms with E-state index in [1.54, 1.807) is 30.3 Å². The molecule has 6 nitrogen and oxygen atoms in total. The van der Waals surface area contributed by atoms with Crippen molar-refractivity contribution in [2.24, 2.45) is 5.92 Å². The van der Waals surface area contributed by atoms with Gasteiger partial charge in [0.1, 0.15) is 10.6 Å². The molecule has 2 rings (SSSR count). The molecule has 2 aromatic carbocycles. The second kappa shape index (κ2) is 8.42. The first kappa shape index (κ1) is 20.1. The zero-order valence-electron chi connectivity index (χ0n) is 14.7. The Balaban J connectivity index is 2.35. The highest BCUT2D eigenvalue weighted by atomic mass is 35.5. The van der Waals surface area contributed by atoms with Crippen LogP contribution in [0.3, 0.4) is 0 Å². The zero-order valence-corrected chi connectivity index (χ0v) is 16.3. The molecule has 0 radical (unpaired) electrons. The Bertz CT molecular complexity index is 898. The molecule has 2 aromatic rings. The summed E-state index contributed by atoms with van der Waals surface area (Å²) in [5.74, 6) is 0.164. The summed E-state index contributed by atoms with van der Waals surface area (Å²) in [5.41, 5.74) is 0.626. The number of ether oxygens (including phenoxy) is 1. The highest BCUT2D eigenvalue weighted by Crippen LogP contribution is 2.30. The van der Waals surface area contributed by atoms with E-state index in [9.17, 15) is 13.2 Å². The van der Waals surface area contributed by atoms with Crippen LogP contribution in [-0.4, -0.2) is 21.4 Å². The van der Waals surface area contributed by atoms with Crippen LogP contribution in [0.2, 0.25) is 5.02 Å². The Morgan fingerprint density at radius 1 is 1.19 bits per heavy atom. The van der Waals surface area contributed by atoms with Crippen molar-refractivity contribution >= 4 is 38.9 Å². The quantitative estimate of drug-likeness (QED) is 0.736. The summed E-state index contributed by atoms with van der Waals surface area (Å²) >= 11 is 6.02. The van der Waals surface area contributed by atoms with Gasteiger partial charge in [0.25, 0.3) is 10.0 Å². The predicted molar refractivity (Wildman–Crippen MR) is 103 cm³/mol. The molecule has 0 aromatic heterocycles. The Hall–Kier alpha value is -2.25. The molecule has 0 unspecified atom stereocenters. The number of sulfonamides is 1. The fraction of sp³-hybridized carbons (Fsp3) is 0.278. The van der Waals surface area contributed by atoms with Crippen molar-refractivity contribution in [1.29, 1.82) is 0 Å².